The van der Waals surface area contributed by atoms with Gasteiger partial charge in [-0.15, -0.1) is 11.3 Å². The lowest BCUT2D eigenvalue weighted by Gasteiger charge is -2.06. The highest BCUT2D eigenvalue weighted by molar-refractivity contribution is 7.20. The monoisotopic (exact) mass is 365 g/mol. The number of carbonyl (C=O) groups is 1. The first-order valence-corrected chi connectivity index (χ1v) is 9.05. The molecule has 4 nitrogen and oxygen atoms in total. The number of oxime groups is 1. The maximum atomic E-state index is 11.6. The molecule has 0 spiro atoms. The molecule has 0 bridgehead atoms. The zero-order valence-corrected chi connectivity index (χ0v) is 15.4. The van der Waals surface area contributed by atoms with Crippen LogP contribution in [0.1, 0.15) is 29.9 Å². The Morgan fingerprint density at radius 3 is 2.54 bits per heavy atom. The summed E-state index contributed by atoms with van der Waals surface area (Å²) in [4.78, 5) is 17.9. The summed E-state index contributed by atoms with van der Waals surface area (Å²) in [5.41, 5.74) is 2.90. The van der Waals surface area contributed by atoms with Crippen molar-refractivity contribution in [1.82, 2.24) is 0 Å². The van der Waals surface area contributed by atoms with Crippen LogP contribution in [-0.4, -0.2) is 16.8 Å². The van der Waals surface area contributed by atoms with Gasteiger partial charge in [-0.05, 0) is 30.9 Å². The largest absolute Gasteiger partial charge is 0.478 e. The molecule has 132 valence electrons. The molecule has 1 heterocycles. The molecule has 3 rings (SSSR count). The van der Waals surface area contributed by atoms with Crippen LogP contribution in [-0.2, 0) is 16.2 Å². The zero-order valence-electron chi connectivity index (χ0n) is 14.6. The van der Waals surface area contributed by atoms with Gasteiger partial charge in [0, 0.05) is 15.1 Å². The van der Waals surface area contributed by atoms with Gasteiger partial charge in [-0.2, -0.15) is 0 Å². The van der Waals surface area contributed by atoms with Crippen LogP contribution in [0.2, 0.25) is 0 Å². The first kappa shape index (κ1) is 17.9. The molecule has 1 N–H and O–H groups in total. The number of rotatable bonds is 6. The molecule has 0 saturated carbocycles. The van der Waals surface area contributed by atoms with Crippen LogP contribution in [0.4, 0.5) is 0 Å². The van der Waals surface area contributed by atoms with E-state index in [-0.39, 0.29) is 12.2 Å². The van der Waals surface area contributed by atoms with Gasteiger partial charge >= 0.3 is 5.97 Å². The molecule has 3 aromatic rings. The van der Waals surface area contributed by atoms with E-state index in [2.05, 4.69) is 5.16 Å². The van der Waals surface area contributed by atoms with Gasteiger partial charge in [0.1, 0.15) is 6.61 Å². The van der Waals surface area contributed by atoms with Crippen LogP contribution < -0.4 is 0 Å². The number of hydrogen-bond acceptors (Lipinski definition) is 4. The first-order chi connectivity index (χ1) is 12.6. The Morgan fingerprint density at radius 2 is 1.85 bits per heavy atom. The molecular formula is C21H19NO3S. The van der Waals surface area contributed by atoms with Gasteiger partial charge < -0.3 is 9.94 Å². The molecule has 2 aromatic carbocycles. The summed E-state index contributed by atoms with van der Waals surface area (Å²) in [5.74, 6) is -0.940. The van der Waals surface area contributed by atoms with Crippen molar-refractivity contribution in [3.05, 3.63) is 76.7 Å². The lowest BCUT2D eigenvalue weighted by atomic mass is 10.1. The van der Waals surface area contributed by atoms with Crippen LogP contribution in [0.5, 0.6) is 0 Å². The second kappa shape index (κ2) is 7.97. The highest BCUT2D eigenvalue weighted by atomic mass is 32.1. The predicted molar refractivity (Wildman–Crippen MR) is 107 cm³/mol. The van der Waals surface area contributed by atoms with Crippen LogP contribution in [0.3, 0.4) is 0 Å². The minimum Gasteiger partial charge on any atom is -0.478 e. The van der Waals surface area contributed by atoms with E-state index in [4.69, 9.17) is 4.84 Å². The van der Waals surface area contributed by atoms with Crippen molar-refractivity contribution in [3.8, 4) is 0 Å². The summed E-state index contributed by atoms with van der Waals surface area (Å²) in [6, 6.07) is 17.6. The van der Waals surface area contributed by atoms with E-state index in [1.807, 2.05) is 61.5 Å². The van der Waals surface area contributed by atoms with E-state index in [1.165, 1.54) is 11.3 Å². The molecule has 0 aliphatic rings. The van der Waals surface area contributed by atoms with E-state index in [0.717, 1.165) is 26.9 Å². The summed E-state index contributed by atoms with van der Waals surface area (Å²) < 4.78 is 1.03. The number of allylic oxidation sites excluding steroid dienone is 1. The van der Waals surface area contributed by atoms with Gasteiger partial charge in [-0.1, -0.05) is 59.8 Å². The van der Waals surface area contributed by atoms with Gasteiger partial charge in [0.25, 0.3) is 0 Å². The van der Waals surface area contributed by atoms with Crippen LogP contribution in [0.25, 0.3) is 15.7 Å². The smallest absolute Gasteiger partial charge is 0.336 e. The molecule has 0 saturated heterocycles. The average Bonchev–Trinajstić information content (AvgIpc) is 3.01. The molecule has 0 unspecified atom stereocenters. The predicted octanol–water partition coefficient (Wildman–Crippen LogP) is 5.33. The third-order valence-electron chi connectivity index (χ3n) is 4.06. The van der Waals surface area contributed by atoms with E-state index in [9.17, 15) is 9.90 Å². The van der Waals surface area contributed by atoms with Crippen molar-refractivity contribution in [2.45, 2.75) is 20.5 Å². The summed E-state index contributed by atoms with van der Waals surface area (Å²) in [6.07, 6.45) is 1.62. The Labute approximate surface area is 156 Å². The van der Waals surface area contributed by atoms with E-state index >= 15 is 0 Å². The van der Waals surface area contributed by atoms with Gasteiger partial charge in [-0.3, -0.25) is 0 Å². The number of nitrogens with zero attached hydrogens (tertiary/aromatic N) is 1. The number of fused-ring (bicyclic) bond motifs is 1. The minimum atomic E-state index is -0.940. The fourth-order valence-corrected chi connectivity index (χ4v) is 4.01. The Kier molecular flexibility index (Phi) is 5.49. The number of benzene rings is 2. The lowest BCUT2D eigenvalue weighted by Crippen LogP contribution is -2.01. The Morgan fingerprint density at radius 1 is 1.15 bits per heavy atom. The second-order valence-electron chi connectivity index (χ2n) is 5.73. The molecular weight excluding hydrogens is 346 g/mol. The molecule has 1 aromatic heterocycles. The summed E-state index contributed by atoms with van der Waals surface area (Å²) in [7, 11) is 0. The molecule has 0 aliphatic carbocycles. The number of carboxylic acid groups (broad SMARTS) is 1. The molecule has 0 aliphatic heterocycles. The average molecular weight is 365 g/mol. The topological polar surface area (TPSA) is 58.9 Å². The standard InChI is InChI=1S/C21H19NO3S/c1-3-16(21(23)24)20-18(17-11-7-8-12-19(17)26-20)13-25-22-14(2)15-9-5-4-6-10-15/h3-12H,13H2,1-2H3,(H,23,24). The number of aliphatic carboxylic acids is 1. The molecule has 26 heavy (non-hydrogen) atoms. The normalized spacial score (nSPS) is 12.4. The fourth-order valence-electron chi connectivity index (χ4n) is 2.74. The molecule has 0 radical (unpaired) electrons. The van der Waals surface area contributed by atoms with Gasteiger partial charge in [0.2, 0.25) is 0 Å². The second-order valence-corrected chi connectivity index (χ2v) is 6.78. The van der Waals surface area contributed by atoms with Crippen molar-refractivity contribution in [1.29, 1.82) is 0 Å². The quantitative estimate of drug-likeness (QED) is 0.365. The maximum Gasteiger partial charge on any atom is 0.336 e. The van der Waals surface area contributed by atoms with Crippen LogP contribution in [0.15, 0.2) is 65.8 Å². The first-order valence-electron chi connectivity index (χ1n) is 8.24. The van der Waals surface area contributed by atoms with E-state index in [0.29, 0.717) is 4.88 Å². The SMILES string of the molecule is CC=C(C(=O)O)c1sc2ccccc2c1CON=C(C)c1ccccc1. The van der Waals surface area contributed by atoms with Crippen molar-refractivity contribution in [2.24, 2.45) is 5.16 Å². The number of thiophene rings is 1. The summed E-state index contributed by atoms with van der Waals surface area (Å²) >= 11 is 1.46. The third kappa shape index (κ3) is 3.68. The highest BCUT2D eigenvalue weighted by Gasteiger charge is 2.19. The number of carboxylic acids is 1. The van der Waals surface area contributed by atoms with Crippen LogP contribution in [0, 0.1) is 0 Å². The number of hydrogen-bond donors (Lipinski definition) is 1. The van der Waals surface area contributed by atoms with Crippen molar-refractivity contribution in [3.63, 3.8) is 0 Å². The third-order valence-corrected chi connectivity index (χ3v) is 5.31. The Hall–Kier alpha value is -2.92. The zero-order chi connectivity index (χ0) is 18.5. The van der Waals surface area contributed by atoms with Crippen molar-refractivity contribution < 1.29 is 14.7 Å². The maximum absolute atomic E-state index is 11.6. The van der Waals surface area contributed by atoms with Crippen molar-refractivity contribution >= 4 is 38.7 Å². The van der Waals surface area contributed by atoms with Gasteiger partial charge in [0.05, 0.1) is 11.3 Å². The fraction of sp³-hybridized carbons (Fsp3) is 0.143. The molecule has 5 heteroatoms. The summed E-state index contributed by atoms with van der Waals surface area (Å²) in [6.45, 7) is 3.83. The van der Waals surface area contributed by atoms with E-state index in [1.54, 1.807) is 13.0 Å². The van der Waals surface area contributed by atoms with Gasteiger partial charge in [-0.25, -0.2) is 4.79 Å². The molecule has 0 amide bonds. The molecule has 0 atom stereocenters. The highest BCUT2D eigenvalue weighted by Crippen LogP contribution is 2.36. The lowest BCUT2D eigenvalue weighted by molar-refractivity contribution is -0.130. The Balaban J connectivity index is 1.93. The van der Waals surface area contributed by atoms with Gasteiger partial charge in [0.15, 0.2) is 0 Å². The van der Waals surface area contributed by atoms with E-state index < -0.39 is 5.97 Å². The van der Waals surface area contributed by atoms with Crippen molar-refractivity contribution in [2.75, 3.05) is 0 Å². The van der Waals surface area contributed by atoms with Crippen LogP contribution >= 0.6 is 11.3 Å². The molecule has 0 fully saturated rings. The summed E-state index contributed by atoms with van der Waals surface area (Å²) in [5, 5.41) is 14.7. The minimum absolute atomic E-state index is 0.216. The Bertz CT molecular complexity index is 987.